The molecule has 31 heavy (non-hydrogen) atoms. The van der Waals surface area contributed by atoms with Crippen molar-refractivity contribution >= 4 is 17.0 Å². The van der Waals surface area contributed by atoms with Crippen LogP contribution >= 0.6 is 0 Å². The average molecular weight is 429 g/mol. The standard InChI is InChI=1S/C23H29FN4O3/c1-14-16-6-5-15(12-25)11-19(16)26-21(29)17(14)7-9-28-10-8-20(18(24)13-28)31-22(30)27-23(2,3)4/h5-6,11,18,20H,7-10,13H2,1-4H3,(H,26,29)(H,27,30). The molecule has 2 heterocycles. The third kappa shape index (κ3) is 5.61. The van der Waals surface area contributed by atoms with E-state index < -0.39 is 23.9 Å². The first-order valence-corrected chi connectivity index (χ1v) is 10.5. The van der Waals surface area contributed by atoms with Crippen LogP contribution in [0.15, 0.2) is 23.0 Å². The predicted molar refractivity (Wildman–Crippen MR) is 117 cm³/mol. The molecule has 0 spiro atoms. The van der Waals surface area contributed by atoms with Crippen LogP contribution in [0.25, 0.3) is 10.9 Å². The number of hydrogen-bond acceptors (Lipinski definition) is 5. The highest BCUT2D eigenvalue weighted by Crippen LogP contribution is 2.21. The molecule has 0 saturated carbocycles. The van der Waals surface area contributed by atoms with Crippen LogP contribution in [0.4, 0.5) is 9.18 Å². The number of halogens is 1. The summed E-state index contributed by atoms with van der Waals surface area (Å²) >= 11 is 0. The summed E-state index contributed by atoms with van der Waals surface area (Å²) in [6.07, 6.45) is -1.76. The van der Waals surface area contributed by atoms with Crippen LogP contribution in [0, 0.1) is 18.3 Å². The molecule has 166 valence electrons. The normalized spacial score (nSPS) is 19.7. The number of aromatic amines is 1. The van der Waals surface area contributed by atoms with E-state index in [1.807, 2.05) is 38.7 Å². The molecule has 2 unspecified atom stereocenters. The van der Waals surface area contributed by atoms with Crippen LogP contribution in [0.1, 0.15) is 43.9 Å². The first-order valence-electron chi connectivity index (χ1n) is 10.5. The lowest BCUT2D eigenvalue weighted by atomic mass is 10.00. The van der Waals surface area contributed by atoms with Crippen molar-refractivity contribution < 1.29 is 13.9 Å². The second kappa shape index (κ2) is 9.06. The van der Waals surface area contributed by atoms with Gasteiger partial charge in [0.15, 0.2) is 0 Å². The summed E-state index contributed by atoms with van der Waals surface area (Å²) < 4.78 is 19.9. The molecule has 1 aliphatic rings. The van der Waals surface area contributed by atoms with Gasteiger partial charge in [0.1, 0.15) is 12.3 Å². The van der Waals surface area contributed by atoms with E-state index in [9.17, 15) is 14.0 Å². The summed E-state index contributed by atoms with van der Waals surface area (Å²) in [5, 5.41) is 12.6. The van der Waals surface area contributed by atoms with Crippen LogP contribution in [0.2, 0.25) is 0 Å². The Kier molecular flexibility index (Phi) is 6.65. The summed E-state index contributed by atoms with van der Waals surface area (Å²) in [5.41, 5.74) is 2.04. The van der Waals surface area contributed by atoms with E-state index in [1.54, 1.807) is 12.1 Å². The largest absolute Gasteiger partial charge is 0.443 e. The second-order valence-corrected chi connectivity index (χ2v) is 9.10. The number of H-pyrrole nitrogens is 1. The first-order chi connectivity index (χ1) is 14.6. The van der Waals surface area contributed by atoms with Crippen LogP contribution < -0.4 is 10.9 Å². The number of pyridine rings is 1. The van der Waals surface area contributed by atoms with Gasteiger partial charge >= 0.3 is 6.09 Å². The highest BCUT2D eigenvalue weighted by atomic mass is 19.1. The molecule has 0 bridgehead atoms. The molecular formula is C23H29FN4O3. The van der Waals surface area contributed by atoms with Crippen LogP contribution in [-0.4, -0.2) is 53.4 Å². The molecule has 3 rings (SSSR count). The number of benzene rings is 1. The van der Waals surface area contributed by atoms with Gasteiger partial charge in [-0.1, -0.05) is 6.07 Å². The van der Waals surface area contributed by atoms with Gasteiger partial charge in [0.25, 0.3) is 5.56 Å². The van der Waals surface area contributed by atoms with Crippen molar-refractivity contribution in [3.8, 4) is 6.07 Å². The number of nitrogens with one attached hydrogen (secondary N) is 2. The number of likely N-dealkylation sites (tertiary alicyclic amines) is 1. The van der Waals surface area contributed by atoms with Gasteiger partial charge in [-0.15, -0.1) is 0 Å². The lowest BCUT2D eigenvalue weighted by Crippen LogP contribution is -2.49. The second-order valence-electron chi connectivity index (χ2n) is 9.10. The number of carbonyl (C=O) groups excluding carboxylic acids is 1. The third-order valence-corrected chi connectivity index (χ3v) is 5.51. The fourth-order valence-electron chi connectivity index (χ4n) is 3.90. The zero-order chi connectivity index (χ0) is 22.8. The van der Waals surface area contributed by atoms with Crippen LogP contribution in [-0.2, 0) is 11.2 Å². The fourth-order valence-corrected chi connectivity index (χ4v) is 3.90. The topological polar surface area (TPSA) is 98.2 Å². The number of piperidine rings is 1. The number of hydrogen-bond donors (Lipinski definition) is 2. The molecule has 8 heteroatoms. The van der Waals surface area contributed by atoms with Gasteiger partial charge in [0, 0.05) is 48.1 Å². The number of ether oxygens (including phenoxy) is 1. The number of rotatable bonds is 4. The highest BCUT2D eigenvalue weighted by molar-refractivity contribution is 5.84. The summed E-state index contributed by atoms with van der Waals surface area (Å²) in [6.45, 7) is 8.68. The summed E-state index contributed by atoms with van der Waals surface area (Å²) in [7, 11) is 0. The van der Waals surface area contributed by atoms with E-state index in [4.69, 9.17) is 10.00 Å². The van der Waals surface area contributed by atoms with Gasteiger partial charge < -0.3 is 15.0 Å². The van der Waals surface area contributed by atoms with Crippen molar-refractivity contribution in [3.63, 3.8) is 0 Å². The maximum atomic E-state index is 14.6. The Labute approximate surface area is 181 Å². The van der Waals surface area contributed by atoms with Crippen molar-refractivity contribution in [3.05, 3.63) is 45.2 Å². The molecular weight excluding hydrogens is 399 g/mol. The number of alkyl carbamates (subject to hydrolysis) is 1. The van der Waals surface area contributed by atoms with Gasteiger partial charge in [-0.2, -0.15) is 5.26 Å². The zero-order valence-electron chi connectivity index (χ0n) is 18.4. The van der Waals surface area contributed by atoms with E-state index in [0.717, 1.165) is 10.9 Å². The van der Waals surface area contributed by atoms with E-state index in [0.29, 0.717) is 42.6 Å². The number of amides is 1. The van der Waals surface area contributed by atoms with Gasteiger partial charge in [-0.25, -0.2) is 9.18 Å². The molecule has 1 aliphatic heterocycles. The van der Waals surface area contributed by atoms with Gasteiger partial charge in [-0.3, -0.25) is 9.69 Å². The molecule has 1 aromatic heterocycles. The first kappa shape index (κ1) is 22.8. The molecule has 0 aliphatic carbocycles. The van der Waals surface area contributed by atoms with Gasteiger partial charge in [-0.05, 0) is 51.8 Å². The maximum Gasteiger partial charge on any atom is 0.407 e. The smallest absolute Gasteiger partial charge is 0.407 e. The summed E-state index contributed by atoms with van der Waals surface area (Å²) in [4.78, 5) is 29.3. The number of aryl methyl sites for hydroxylation is 1. The molecule has 2 aromatic rings. The molecule has 1 fully saturated rings. The molecule has 1 amide bonds. The van der Waals surface area contributed by atoms with Crippen LogP contribution in [0.3, 0.4) is 0 Å². The van der Waals surface area contributed by atoms with Gasteiger partial charge in [0.05, 0.1) is 11.6 Å². The average Bonchev–Trinajstić information content (AvgIpc) is 2.67. The summed E-state index contributed by atoms with van der Waals surface area (Å²) in [6, 6.07) is 7.31. The van der Waals surface area contributed by atoms with Gasteiger partial charge in [0.2, 0.25) is 0 Å². The van der Waals surface area contributed by atoms with Crippen LogP contribution in [0.5, 0.6) is 0 Å². The minimum absolute atomic E-state index is 0.156. The van der Waals surface area contributed by atoms with E-state index in [1.165, 1.54) is 0 Å². The maximum absolute atomic E-state index is 14.6. The number of nitriles is 1. The zero-order valence-corrected chi connectivity index (χ0v) is 18.4. The highest BCUT2D eigenvalue weighted by Gasteiger charge is 2.32. The van der Waals surface area contributed by atoms with E-state index in [2.05, 4.69) is 16.4 Å². The lowest BCUT2D eigenvalue weighted by Gasteiger charge is -2.34. The molecule has 1 saturated heterocycles. The Balaban J connectivity index is 1.61. The molecule has 2 atom stereocenters. The summed E-state index contributed by atoms with van der Waals surface area (Å²) in [5.74, 6) is 0. The minimum Gasteiger partial charge on any atom is -0.443 e. The van der Waals surface area contributed by atoms with Crippen molar-refractivity contribution in [2.24, 2.45) is 0 Å². The molecule has 1 aromatic carbocycles. The van der Waals surface area contributed by atoms with Crippen molar-refractivity contribution in [2.45, 2.75) is 58.4 Å². The minimum atomic E-state index is -1.28. The molecule has 7 nitrogen and oxygen atoms in total. The van der Waals surface area contributed by atoms with E-state index in [-0.39, 0.29) is 12.1 Å². The van der Waals surface area contributed by atoms with Crippen molar-refractivity contribution in [2.75, 3.05) is 19.6 Å². The number of alkyl halides is 1. The third-order valence-electron chi connectivity index (χ3n) is 5.51. The fraction of sp³-hybridized carbons (Fsp3) is 0.522. The van der Waals surface area contributed by atoms with E-state index >= 15 is 0 Å². The molecule has 0 radical (unpaired) electrons. The number of carbonyl (C=O) groups is 1. The number of fused-ring (bicyclic) bond motifs is 1. The predicted octanol–water partition coefficient (Wildman–Crippen LogP) is 3.19. The molecule has 2 N–H and O–H groups in total. The Morgan fingerprint density at radius 3 is 2.81 bits per heavy atom. The van der Waals surface area contributed by atoms with Crippen molar-refractivity contribution in [1.82, 2.24) is 15.2 Å². The number of aromatic nitrogens is 1. The van der Waals surface area contributed by atoms with Crippen molar-refractivity contribution in [1.29, 1.82) is 5.26 Å². The lowest BCUT2D eigenvalue weighted by molar-refractivity contribution is -0.00937. The monoisotopic (exact) mass is 428 g/mol. The SMILES string of the molecule is Cc1c(CCN2CCC(OC(=O)NC(C)(C)C)C(F)C2)c(=O)[nH]c2cc(C#N)ccc12. The Hall–Kier alpha value is -2.92. The Bertz CT molecular complexity index is 1070. The Morgan fingerprint density at radius 1 is 1.42 bits per heavy atom. The number of nitrogens with zero attached hydrogens (tertiary/aromatic N) is 2. The Morgan fingerprint density at radius 2 is 2.16 bits per heavy atom. The quantitative estimate of drug-likeness (QED) is 0.779.